The first kappa shape index (κ1) is 17.8. The van der Waals surface area contributed by atoms with Gasteiger partial charge < -0.3 is 15.4 Å². The number of primary sulfonamides is 1. The van der Waals surface area contributed by atoms with E-state index >= 15 is 0 Å². The molecule has 8 heteroatoms. The molecule has 0 aliphatic carbocycles. The maximum Gasteiger partial charge on any atom is 0.319 e. The van der Waals surface area contributed by atoms with Crippen LogP contribution < -0.4 is 20.5 Å². The number of amides is 2. The first-order valence-corrected chi connectivity index (χ1v) is 8.82. The molecular weight excluding hydrogens is 330 g/mol. The van der Waals surface area contributed by atoms with Crippen molar-refractivity contribution >= 4 is 21.7 Å². The zero-order chi connectivity index (χ0) is 17.6. The molecule has 128 valence electrons. The number of anilines is 1. The van der Waals surface area contributed by atoms with E-state index in [0.717, 1.165) is 11.3 Å². The van der Waals surface area contributed by atoms with E-state index in [2.05, 4.69) is 10.6 Å². The summed E-state index contributed by atoms with van der Waals surface area (Å²) < 4.78 is 27.7. The lowest BCUT2D eigenvalue weighted by Gasteiger charge is -2.09. The second kappa shape index (κ2) is 7.80. The molecule has 0 aromatic heterocycles. The molecule has 0 bridgehead atoms. The second-order valence-corrected chi connectivity index (χ2v) is 6.52. The number of rotatable bonds is 6. The van der Waals surface area contributed by atoms with Crippen LogP contribution in [-0.2, 0) is 16.6 Å². The molecule has 2 rings (SSSR count). The van der Waals surface area contributed by atoms with Crippen molar-refractivity contribution in [3.05, 3.63) is 54.1 Å². The molecule has 0 fully saturated rings. The fourth-order valence-corrected chi connectivity index (χ4v) is 2.47. The average Bonchev–Trinajstić information content (AvgIpc) is 2.55. The third-order valence-corrected chi connectivity index (χ3v) is 4.06. The highest BCUT2D eigenvalue weighted by atomic mass is 32.2. The Morgan fingerprint density at radius 3 is 2.25 bits per heavy atom. The highest BCUT2D eigenvalue weighted by Gasteiger charge is 2.07. The van der Waals surface area contributed by atoms with Gasteiger partial charge in [0, 0.05) is 12.2 Å². The monoisotopic (exact) mass is 349 g/mol. The fraction of sp³-hybridized carbons (Fsp3) is 0.188. The van der Waals surface area contributed by atoms with Gasteiger partial charge >= 0.3 is 6.03 Å². The number of carbonyl (C=O) groups is 1. The minimum absolute atomic E-state index is 0.0325. The standard InChI is InChI=1S/C16H19N3O4S/c1-2-23-14-7-5-13(6-8-14)19-16(20)18-11-12-3-9-15(10-4-12)24(17,21)22/h3-10H,2,11H2,1H3,(H2,17,21,22)(H2,18,19,20). The summed E-state index contributed by atoms with van der Waals surface area (Å²) in [5.41, 5.74) is 1.39. The third kappa shape index (κ3) is 5.25. The molecule has 0 saturated carbocycles. The highest BCUT2D eigenvalue weighted by molar-refractivity contribution is 7.89. The molecule has 0 aliphatic rings. The van der Waals surface area contributed by atoms with Crippen LogP contribution >= 0.6 is 0 Å². The topological polar surface area (TPSA) is 111 Å². The molecule has 0 unspecified atom stereocenters. The lowest BCUT2D eigenvalue weighted by atomic mass is 10.2. The lowest BCUT2D eigenvalue weighted by molar-refractivity contribution is 0.251. The maximum absolute atomic E-state index is 11.9. The summed E-state index contributed by atoms with van der Waals surface area (Å²) in [4.78, 5) is 11.9. The van der Waals surface area contributed by atoms with Crippen LogP contribution in [0.15, 0.2) is 53.4 Å². The van der Waals surface area contributed by atoms with Crippen LogP contribution in [0.3, 0.4) is 0 Å². The van der Waals surface area contributed by atoms with Gasteiger partial charge in [0.1, 0.15) is 5.75 Å². The Morgan fingerprint density at radius 1 is 1.08 bits per heavy atom. The van der Waals surface area contributed by atoms with Crippen LogP contribution in [0.2, 0.25) is 0 Å². The molecule has 0 spiro atoms. The normalized spacial score (nSPS) is 10.9. The molecule has 0 heterocycles. The first-order chi connectivity index (χ1) is 11.4. The van der Waals surface area contributed by atoms with E-state index in [1.807, 2.05) is 6.92 Å². The van der Waals surface area contributed by atoms with Crippen molar-refractivity contribution in [1.29, 1.82) is 0 Å². The number of ether oxygens (including phenoxy) is 1. The first-order valence-electron chi connectivity index (χ1n) is 7.28. The summed E-state index contributed by atoms with van der Waals surface area (Å²) in [6, 6.07) is 12.6. The fourth-order valence-electron chi connectivity index (χ4n) is 1.96. The Morgan fingerprint density at radius 2 is 1.71 bits per heavy atom. The molecule has 24 heavy (non-hydrogen) atoms. The van der Waals surface area contributed by atoms with Crippen molar-refractivity contribution in [2.75, 3.05) is 11.9 Å². The predicted octanol–water partition coefficient (Wildman–Crippen LogP) is 2.05. The van der Waals surface area contributed by atoms with Crippen molar-refractivity contribution in [3.63, 3.8) is 0 Å². The van der Waals surface area contributed by atoms with E-state index in [1.165, 1.54) is 12.1 Å². The van der Waals surface area contributed by atoms with Crippen molar-refractivity contribution in [3.8, 4) is 5.75 Å². The molecule has 4 N–H and O–H groups in total. The Labute approximate surface area is 140 Å². The van der Waals surface area contributed by atoms with Crippen molar-refractivity contribution in [2.24, 2.45) is 5.14 Å². The summed E-state index contributed by atoms with van der Waals surface area (Å²) in [7, 11) is -3.71. The van der Waals surface area contributed by atoms with Crippen molar-refractivity contribution < 1.29 is 17.9 Å². The molecule has 7 nitrogen and oxygen atoms in total. The van der Waals surface area contributed by atoms with E-state index in [1.54, 1.807) is 36.4 Å². The Balaban J connectivity index is 1.86. The number of hydrogen-bond acceptors (Lipinski definition) is 4. The zero-order valence-corrected chi connectivity index (χ0v) is 14.0. The van der Waals surface area contributed by atoms with E-state index in [0.29, 0.717) is 12.3 Å². The average molecular weight is 349 g/mol. The van der Waals surface area contributed by atoms with Gasteiger partial charge in [-0.05, 0) is 48.9 Å². The summed E-state index contributed by atoms with van der Waals surface area (Å²) in [5, 5.41) is 10.4. The second-order valence-electron chi connectivity index (χ2n) is 4.95. The van der Waals surface area contributed by atoms with Crippen LogP contribution in [0, 0.1) is 0 Å². The van der Waals surface area contributed by atoms with Crippen LogP contribution in [0.25, 0.3) is 0 Å². The molecule has 2 aromatic carbocycles. The number of benzene rings is 2. The molecule has 0 atom stereocenters. The van der Waals surface area contributed by atoms with Crippen LogP contribution in [-0.4, -0.2) is 21.1 Å². The molecule has 2 amide bonds. The van der Waals surface area contributed by atoms with E-state index in [4.69, 9.17) is 9.88 Å². The number of hydrogen-bond donors (Lipinski definition) is 3. The molecular formula is C16H19N3O4S. The Bertz CT molecular complexity index is 787. The number of carbonyl (C=O) groups excluding carboxylic acids is 1. The highest BCUT2D eigenvalue weighted by Crippen LogP contribution is 2.15. The Hall–Kier alpha value is -2.58. The molecule has 0 aliphatic heterocycles. The van der Waals surface area contributed by atoms with E-state index < -0.39 is 10.0 Å². The predicted molar refractivity (Wildman–Crippen MR) is 91.3 cm³/mol. The van der Waals surface area contributed by atoms with Crippen LogP contribution in [0.4, 0.5) is 10.5 Å². The smallest absolute Gasteiger partial charge is 0.319 e. The van der Waals surface area contributed by atoms with Gasteiger partial charge in [-0.3, -0.25) is 0 Å². The molecule has 0 saturated heterocycles. The number of urea groups is 1. The van der Waals surface area contributed by atoms with Gasteiger partial charge in [0.2, 0.25) is 10.0 Å². The van der Waals surface area contributed by atoms with Gasteiger partial charge in [0.05, 0.1) is 11.5 Å². The Kier molecular flexibility index (Phi) is 5.78. The number of sulfonamides is 1. The quantitative estimate of drug-likeness (QED) is 0.741. The van der Waals surface area contributed by atoms with Gasteiger partial charge in [-0.1, -0.05) is 12.1 Å². The maximum atomic E-state index is 11.9. The SMILES string of the molecule is CCOc1ccc(NC(=O)NCc2ccc(S(N)(=O)=O)cc2)cc1. The summed E-state index contributed by atoms with van der Waals surface area (Å²) in [6.45, 7) is 2.74. The zero-order valence-electron chi connectivity index (χ0n) is 13.2. The van der Waals surface area contributed by atoms with Gasteiger partial charge in [0.15, 0.2) is 0 Å². The van der Waals surface area contributed by atoms with Gasteiger partial charge in [0.25, 0.3) is 0 Å². The van der Waals surface area contributed by atoms with E-state index in [-0.39, 0.29) is 17.5 Å². The lowest BCUT2D eigenvalue weighted by Crippen LogP contribution is -2.28. The molecule has 0 radical (unpaired) electrons. The molecule has 2 aromatic rings. The van der Waals surface area contributed by atoms with Crippen LogP contribution in [0.1, 0.15) is 12.5 Å². The van der Waals surface area contributed by atoms with Gasteiger partial charge in [-0.25, -0.2) is 18.4 Å². The minimum Gasteiger partial charge on any atom is -0.494 e. The van der Waals surface area contributed by atoms with Crippen molar-refractivity contribution in [1.82, 2.24) is 5.32 Å². The largest absolute Gasteiger partial charge is 0.494 e. The van der Waals surface area contributed by atoms with E-state index in [9.17, 15) is 13.2 Å². The van der Waals surface area contributed by atoms with Gasteiger partial charge in [-0.2, -0.15) is 0 Å². The van der Waals surface area contributed by atoms with Crippen molar-refractivity contribution in [2.45, 2.75) is 18.4 Å². The summed E-state index contributed by atoms with van der Waals surface area (Å²) >= 11 is 0. The summed E-state index contributed by atoms with van der Waals surface area (Å²) in [5.74, 6) is 0.735. The third-order valence-electron chi connectivity index (χ3n) is 3.13. The number of nitrogens with one attached hydrogen (secondary N) is 2. The van der Waals surface area contributed by atoms with Gasteiger partial charge in [-0.15, -0.1) is 0 Å². The summed E-state index contributed by atoms with van der Waals surface area (Å²) in [6.07, 6.45) is 0. The minimum atomic E-state index is -3.71. The number of nitrogens with two attached hydrogens (primary N) is 1. The van der Waals surface area contributed by atoms with Crippen LogP contribution in [0.5, 0.6) is 5.75 Å².